The molecular formula is C19H24N4O. The van der Waals surface area contributed by atoms with Gasteiger partial charge in [-0.1, -0.05) is 18.2 Å². The molecule has 5 heteroatoms. The van der Waals surface area contributed by atoms with E-state index >= 15 is 0 Å². The molecule has 1 aromatic carbocycles. The average molecular weight is 324 g/mol. The number of anilines is 1. The van der Waals surface area contributed by atoms with Crippen LogP contribution in [0.25, 0.3) is 0 Å². The third-order valence-electron chi connectivity index (χ3n) is 5.08. The Kier molecular flexibility index (Phi) is 3.88. The Morgan fingerprint density at radius 2 is 2.04 bits per heavy atom. The van der Waals surface area contributed by atoms with Crippen LogP contribution in [0.3, 0.4) is 0 Å². The topological polar surface area (TPSA) is 41.5 Å². The molecule has 0 N–H and O–H groups in total. The summed E-state index contributed by atoms with van der Waals surface area (Å²) in [7, 11) is 4.31. The number of ether oxygens (including phenoxy) is 1. The summed E-state index contributed by atoms with van der Waals surface area (Å²) in [4.78, 5) is 14.2. The van der Waals surface area contributed by atoms with Crippen molar-refractivity contribution in [2.45, 2.75) is 32.4 Å². The third kappa shape index (κ3) is 2.73. The molecule has 126 valence electrons. The molecule has 0 bridgehead atoms. The third-order valence-corrected chi connectivity index (χ3v) is 5.08. The molecule has 2 aliphatic heterocycles. The van der Waals surface area contributed by atoms with Crippen molar-refractivity contribution in [2.75, 3.05) is 32.1 Å². The Balaban J connectivity index is 1.73. The molecule has 2 aromatic rings. The van der Waals surface area contributed by atoms with Crippen molar-refractivity contribution in [3.05, 3.63) is 46.9 Å². The normalized spacial score (nSPS) is 19.7. The smallest absolute Gasteiger partial charge is 0.136 e. The van der Waals surface area contributed by atoms with Gasteiger partial charge in [0.25, 0.3) is 0 Å². The van der Waals surface area contributed by atoms with Crippen molar-refractivity contribution in [3.63, 3.8) is 0 Å². The zero-order valence-electron chi connectivity index (χ0n) is 14.6. The molecule has 0 aliphatic carbocycles. The van der Waals surface area contributed by atoms with Gasteiger partial charge < -0.3 is 14.5 Å². The van der Waals surface area contributed by atoms with Crippen LogP contribution >= 0.6 is 0 Å². The monoisotopic (exact) mass is 324 g/mol. The van der Waals surface area contributed by atoms with E-state index in [0.717, 1.165) is 42.6 Å². The van der Waals surface area contributed by atoms with Gasteiger partial charge in [0.1, 0.15) is 24.0 Å². The quantitative estimate of drug-likeness (QED) is 0.848. The molecular weight excluding hydrogens is 300 g/mol. The summed E-state index contributed by atoms with van der Waals surface area (Å²) >= 11 is 0. The van der Waals surface area contributed by atoms with Gasteiger partial charge in [0, 0.05) is 31.1 Å². The second-order valence-corrected chi connectivity index (χ2v) is 6.94. The van der Waals surface area contributed by atoms with Crippen LogP contribution in [0.5, 0.6) is 5.75 Å². The van der Waals surface area contributed by atoms with E-state index < -0.39 is 0 Å². The van der Waals surface area contributed by atoms with E-state index in [4.69, 9.17) is 9.72 Å². The molecule has 1 saturated heterocycles. The molecule has 5 nitrogen and oxygen atoms in total. The van der Waals surface area contributed by atoms with Crippen LogP contribution in [0.1, 0.15) is 29.1 Å². The minimum atomic E-state index is 0.521. The van der Waals surface area contributed by atoms with Crippen molar-refractivity contribution in [1.82, 2.24) is 14.9 Å². The van der Waals surface area contributed by atoms with E-state index in [1.807, 2.05) is 19.1 Å². The number of fused-ring (bicyclic) bond motifs is 2. The number of hydrogen-bond donors (Lipinski definition) is 0. The van der Waals surface area contributed by atoms with Crippen molar-refractivity contribution in [3.8, 4) is 5.75 Å². The number of likely N-dealkylation sites (N-methyl/N-ethyl adjacent to an activating group) is 1. The summed E-state index contributed by atoms with van der Waals surface area (Å²) < 4.78 is 5.99. The number of nitrogens with zero attached hydrogens (tertiary/aromatic N) is 4. The number of aromatic nitrogens is 2. The van der Waals surface area contributed by atoms with Crippen molar-refractivity contribution >= 4 is 5.82 Å². The highest BCUT2D eigenvalue weighted by Crippen LogP contribution is 2.33. The molecule has 1 aromatic heterocycles. The molecule has 24 heavy (non-hydrogen) atoms. The fraction of sp³-hybridized carbons (Fsp3) is 0.474. The molecule has 0 saturated carbocycles. The Labute approximate surface area is 143 Å². The van der Waals surface area contributed by atoms with E-state index in [2.05, 4.69) is 41.0 Å². The van der Waals surface area contributed by atoms with Crippen molar-refractivity contribution < 1.29 is 4.74 Å². The summed E-state index contributed by atoms with van der Waals surface area (Å²) in [6.45, 7) is 4.57. The van der Waals surface area contributed by atoms with Crippen LogP contribution in [0, 0.1) is 6.92 Å². The lowest BCUT2D eigenvalue weighted by Gasteiger charge is -2.24. The second kappa shape index (κ2) is 6.06. The van der Waals surface area contributed by atoms with Crippen LogP contribution < -0.4 is 9.64 Å². The fourth-order valence-electron chi connectivity index (χ4n) is 3.68. The maximum atomic E-state index is 5.99. The van der Waals surface area contributed by atoms with Gasteiger partial charge in [0.05, 0.1) is 5.69 Å². The first-order chi connectivity index (χ1) is 11.6. The Bertz CT molecular complexity index is 759. The predicted octanol–water partition coefficient (Wildman–Crippen LogP) is 2.41. The first-order valence-electron chi connectivity index (χ1n) is 8.60. The summed E-state index contributed by atoms with van der Waals surface area (Å²) in [5.74, 6) is 2.89. The maximum absolute atomic E-state index is 5.99. The molecule has 0 unspecified atom stereocenters. The van der Waals surface area contributed by atoms with Gasteiger partial charge in [-0.15, -0.1) is 0 Å². The van der Waals surface area contributed by atoms with Crippen LogP contribution in [0.2, 0.25) is 0 Å². The van der Waals surface area contributed by atoms with Crippen LogP contribution in [-0.2, 0) is 13.0 Å². The first kappa shape index (κ1) is 15.4. The van der Waals surface area contributed by atoms with E-state index in [1.165, 1.54) is 17.5 Å². The van der Waals surface area contributed by atoms with Gasteiger partial charge in [0.2, 0.25) is 0 Å². The van der Waals surface area contributed by atoms with E-state index in [-0.39, 0.29) is 0 Å². The minimum Gasteiger partial charge on any atom is -0.487 e. The Hall–Kier alpha value is -2.14. The predicted molar refractivity (Wildman–Crippen MR) is 94.7 cm³/mol. The van der Waals surface area contributed by atoms with E-state index in [9.17, 15) is 0 Å². The van der Waals surface area contributed by atoms with Gasteiger partial charge in [0.15, 0.2) is 0 Å². The van der Waals surface area contributed by atoms with Gasteiger partial charge >= 0.3 is 0 Å². The molecule has 0 radical (unpaired) electrons. The highest BCUT2D eigenvalue weighted by molar-refractivity contribution is 5.54. The molecule has 2 aliphatic rings. The fourth-order valence-corrected chi connectivity index (χ4v) is 3.68. The molecule has 3 heterocycles. The van der Waals surface area contributed by atoms with Gasteiger partial charge in [-0.3, -0.25) is 0 Å². The molecule has 1 atom stereocenters. The first-order valence-corrected chi connectivity index (χ1v) is 8.60. The molecule has 0 amide bonds. The van der Waals surface area contributed by atoms with Crippen molar-refractivity contribution in [2.24, 2.45) is 0 Å². The van der Waals surface area contributed by atoms with Gasteiger partial charge in [-0.25, -0.2) is 9.97 Å². The number of hydrogen-bond acceptors (Lipinski definition) is 5. The van der Waals surface area contributed by atoms with Crippen molar-refractivity contribution in [1.29, 1.82) is 0 Å². The van der Waals surface area contributed by atoms with Crippen LogP contribution in [-0.4, -0.2) is 48.1 Å². The zero-order valence-corrected chi connectivity index (χ0v) is 14.6. The van der Waals surface area contributed by atoms with Crippen LogP contribution in [0.4, 0.5) is 5.82 Å². The van der Waals surface area contributed by atoms with Gasteiger partial charge in [-0.2, -0.15) is 0 Å². The lowest BCUT2D eigenvalue weighted by atomic mass is 10.0. The summed E-state index contributed by atoms with van der Waals surface area (Å²) in [5.41, 5.74) is 3.47. The highest BCUT2D eigenvalue weighted by Gasteiger charge is 2.29. The summed E-state index contributed by atoms with van der Waals surface area (Å²) in [6, 6.07) is 8.86. The average Bonchev–Trinajstić information content (AvgIpc) is 2.98. The second-order valence-electron chi connectivity index (χ2n) is 6.94. The van der Waals surface area contributed by atoms with E-state index in [0.29, 0.717) is 12.6 Å². The standard InChI is InChI=1S/C19H24N4O/c1-13-20-17-12-24-18-7-5-4-6-14(18)10-16(17)19(21-13)23-9-8-15(11-23)22(2)3/h4-7,15H,8-12H2,1-3H3/t15-/m1/s1. The number of para-hydroxylation sites is 1. The largest absolute Gasteiger partial charge is 0.487 e. The lowest BCUT2D eigenvalue weighted by Crippen LogP contribution is -2.32. The number of rotatable bonds is 2. The number of benzene rings is 1. The SMILES string of the molecule is Cc1nc2c(c(N3CC[C@@H](N(C)C)C3)n1)Cc1ccccc1OC2. The Morgan fingerprint density at radius 1 is 1.21 bits per heavy atom. The molecule has 4 rings (SSSR count). The molecule has 1 fully saturated rings. The highest BCUT2D eigenvalue weighted by atomic mass is 16.5. The summed E-state index contributed by atoms with van der Waals surface area (Å²) in [5, 5.41) is 0. The Morgan fingerprint density at radius 3 is 2.83 bits per heavy atom. The minimum absolute atomic E-state index is 0.521. The van der Waals surface area contributed by atoms with E-state index in [1.54, 1.807) is 0 Å². The van der Waals surface area contributed by atoms with Gasteiger partial charge in [-0.05, 0) is 39.1 Å². The maximum Gasteiger partial charge on any atom is 0.136 e. The molecule has 0 spiro atoms. The number of aryl methyl sites for hydroxylation is 1. The van der Waals surface area contributed by atoms with Crippen LogP contribution in [0.15, 0.2) is 24.3 Å². The lowest BCUT2D eigenvalue weighted by molar-refractivity contribution is 0.301. The zero-order chi connectivity index (χ0) is 16.7. The summed E-state index contributed by atoms with van der Waals surface area (Å²) in [6.07, 6.45) is 2.02.